The molecule has 4 rings (SSSR count). The van der Waals surface area contributed by atoms with E-state index in [0.29, 0.717) is 30.4 Å². The summed E-state index contributed by atoms with van der Waals surface area (Å²) in [5.41, 5.74) is 0.596. The molecule has 146 valence electrons. The third-order valence-electron chi connectivity index (χ3n) is 5.81. The molecule has 0 bridgehead atoms. The molecule has 8 nitrogen and oxygen atoms in total. The van der Waals surface area contributed by atoms with Crippen LogP contribution in [0.2, 0.25) is 0 Å². The molecule has 1 saturated carbocycles. The molecule has 1 aliphatic carbocycles. The molecule has 1 atom stereocenters. The Morgan fingerprint density at radius 2 is 1.96 bits per heavy atom. The average molecular weight is 391 g/mol. The highest BCUT2D eigenvalue weighted by molar-refractivity contribution is 7.90. The Bertz CT molecular complexity index is 949. The summed E-state index contributed by atoms with van der Waals surface area (Å²) >= 11 is 0. The molecule has 1 saturated heterocycles. The number of hydrogen-bond donors (Lipinski definition) is 0. The zero-order valence-electron chi connectivity index (χ0n) is 15.5. The van der Waals surface area contributed by atoms with Crippen molar-refractivity contribution in [2.45, 2.75) is 55.8 Å². The van der Waals surface area contributed by atoms with E-state index in [2.05, 4.69) is 15.1 Å². The molecule has 0 spiro atoms. The van der Waals surface area contributed by atoms with Crippen LogP contribution in [0, 0.1) is 5.92 Å². The Morgan fingerprint density at radius 1 is 1.19 bits per heavy atom. The van der Waals surface area contributed by atoms with Crippen molar-refractivity contribution < 1.29 is 13.2 Å². The van der Waals surface area contributed by atoms with Gasteiger partial charge in [-0.2, -0.15) is 14.6 Å². The van der Waals surface area contributed by atoms with E-state index >= 15 is 0 Å². The lowest BCUT2D eigenvalue weighted by Crippen LogP contribution is -2.40. The third-order valence-corrected chi connectivity index (χ3v) is 6.92. The number of amides is 1. The number of likely N-dealkylation sites (tertiary alicyclic amines) is 1. The van der Waals surface area contributed by atoms with E-state index in [9.17, 15) is 13.2 Å². The van der Waals surface area contributed by atoms with E-state index < -0.39 is 9.84 Å². The van der Waals surface area contributed by atoms with Crippen LogP contribution in [0.3, 0.4) is 0 Å². The largest absolute Gasteiger partial charge is 0.342 e. The Balaban J connectivity index is 1.63. The van der Waals surface area contributed by atoms with Crippen LogP contribution in [0.4, 0.5) is 0 Å². The van der Waals surface area contributed by atoms with Gasteiger partial charge in [-0.05, 0) is 31.6 Å². The van der Waals surface area contributed by atoms with Crippen molar-refractivity contribution in [2.24, 2.45) is 5.92 Å². The molecule has 2 aliphatic rings. The van der Waals surface area contributed by atoms with E-state index in [1.807, 2.05) is 4.90 Å². The van der Waals surface area contributed by atoms with Crippen molar-refractivity contribution >= 4 is 21.5 Å². The van der Waals surface area contributed by atoms with Gasteiger partial charge in [-0.3, -0.25) is 4.79 Å². The van der Waals surface area contributed by atoms with E-state index in [1.54, 1.807) is 0 Å². The van der Waals surface area contributed by atoms with Crippen molar-refractivity contribution in [1.29, 1.82) is 0 Å². The topological polar surface area (TPSA) is 97.5 Å². The van der Waals surface area contributed by atoms with Crippen molar-refractivity contribution in [2.75, 3.05) is 19.3 Å². The van der Waals surface area contributed by atoms with Crippen LogP contribution >= 0.6 is 0 Å². The van der Waals surface area contributed by atoms with E-state index in [-0.39, 0.29) is 16.7 Å². The normalized spacial score (nSPS) is 21.8. The van der Waals surface area contributed by atoms with Crippen molar-refractivity contribution in [3.63, 3.8) is 0 Å². The summed E-state index contributed by atoms with van der Waals surface area (Å²) in [6.07, 6.45) is 10.9. The molecule has 27 heavy (non-hydrogen) atoms. The second-order valence-electron chi connectivity index (χ2n) is 7.79. The smallest absolute Gasteiger partial charge is 0.252 e. The van der Waals surface area contributed by atoms with Gasteiger partial charge < -0.3 is 4.90 Å². The summed E-state index contributed by atoms with van der Waals surface area (Å²) in [5.74, 6) is 0.985. The maximum atomic E-state index is 12.8. The van der Waals surface area contributed by atoms with Gasteiger partial charge in [-0.15, -0.1) is 0 Å². The molecule has 2 aromatic rings. The van der Waals surface area contributed by atoms with Crippen molar-refractivity contribution in [3.8, 4) is 0 Å². The number of sulfone groups is 1. The van der Waals surface area contributed by atoms with Gasteiger partial charge in [0, 0.05) is 31.7 Å². The number of hydrogen-bond acceptors (Lipinski definition) is 6. The number of nitrogens with zero attached hydrogens (tertiary/aromatic N) is 5. The van der Waals surface area contributed by atoms with Gasteiger partial charge in [-0.1, -0.05) is 12.8 Å². The number of fused-ring (bicyclic) bond motifs is 1. The van der Waals surface area contributed by atoms with Gasteiger partial charge in [0.05, 0.1) is 11.9 Å². The molecule has 0 radical (unpaired) electrons. The second kappa shape index (κ2) is 7.18. The van der Waals surface area contributed by atoms with Gasteiger partial charge in [0.1, 0.15) is 11.2 Å². The highest BCUT2D eigenvalue weighted by Crippen LogP contribution is 2.33. The molecule has 1 amide bonds. The van der Waals surface area contributed by atoms with Crippen LogP contribution in [0.1, 0.15) is 56.6 Å². The Hall–Kier alpha value is -2.03. The predicted molar refractivity (Wildman–Crippen MR) is 99.0 cm³/mol. The van der Waals surface area contributed by atoms with Crippen LogP contribution in [-0.2, 0) is 14.6 Å². The van der Waals surface area contributed by atoms with E-state index in [0.717, 1.165) is 32.2 Å². The number of carbonyl (C=O) groups is 1. The Labute approximate surface area is 158 Å². The monoisotopic (exact) mass is 391 g/mol. The molecule has 2 aromatic heterocycles. The average Bonchev–Trinajstić information content (AvgIpc) is 3.31. The first kappa shape index (κ1) is 18.3. The molecule has 3 heterocycles. The SMILES string of the molecule is CS(=O)(=O)c1cnc2ncnn2c1[C@H]1CCCN(C(=O)CC2CCCC2)C1. The number of rotatable bonds is 4. The molecule has 0 aromatic carbocycles. The Kier molecular flexibility index (Phi) is 4.88. The standard InChI is InChI=1S/C18H25N5O3S/c1-27(25,26)15-10-19-18-20-12-21-23(18)17(15)14-7-4-8-22(11-14)16(24)9-13-5-2-3-6-13/h10,12-14H,2-9,11H2,1H3/t14-/m0/s1. The fourth-order valence-electron chi connectivity index (χ4n) is 4.46. The van der Waals surface area contributed by atoms with Crippen molar-refractivity contribution in [1.82, 2.24) is 24.5 Å². The van der Waals surface area contributed by atoms with Crippen LogP contribution in [0.5, 0.6) is 0 Å². The minimum absolute atomic E-state index is 0.0943. The summed E-state index contributed by atoms with van der Waals surface area (Å²) in [4.78, 5) is 23.1. The lowest BCUT2D eigenvalue weighted by atomic mass is 9.93. The second-order valence-corrected chi connectivity index (χ2v) is 9.77. The molecule has 0 unspecified atom stereocenters. The maximum absolute atomic E-state index is 12.8. The van der Waals surface area contributed by atoms with Crippen molar-refractivity contribution in [3.05, 3.63) is 18.2 Å². The first-order chi connectivity index (χ1) is 12.9. The quantitative estimate of drug-likeness (QED) is 0.788. The van der Waals surface area contributed by atoms with E-state index in [4.69, 9.17) is 0 Å². The lowest BCUT2D eigenvalue weighted by molar-refractivity contribution is -0.133. The summed E-state index contributed by atoms with van der Waals surface area (Å²) in [5, 5.41) is 4.20. The predicted octanol–water partition coefficient (Wildman–Crippen LogP) is 1.81. The fourth-order valence-corrected chi connectivity index (χ4v) is 5.33. The lowest BCUT2D eigenvalue weighted by Gasteiger charge is -2.34. The van der Waals surface area contributed by atoms with Gasteiger partial charge in [0.25, 0.3) is 5.78 Å². The summed E-state index contributed by atoms with van der Waals surface area (Å²) in [6.45, 7) is 1.26. The maximum Gasteiger partial charge on any atom is 0.252 e. The highest BCUT2D eigenvalue weighted by atomic mass is 32.2. The number of piperidine rings is 1. The van der Waals surface area contributed by atoms with Gasteiger partial charge in [0.15, 0.2) is 9.84 Å². The van der Waals surface area contributed by atoms with Gasteiger partial charge in [0.2, 0.25) is 5.91 Å². The number of carbonyl (C=O) groups excluding carboxylic acids is 1. The van der Waals surface area contributed by atoms with Crippen LogP contribution in [0.15, 0.2) is 17.4 Å². The fraction of sp³-hybridized carbons (Fsp3) is 0.667. The van der Waals surface area contributed by atoms with Crippen LogP contribution < -0.4 is 0 Å². The highest BCUT2D eigenvalue weighted by Gasteiger charge is 2.32. The third kappa shape index (κ3) is 3.69. The number of aromatic nitrogens is 4. The molecular weight excluding hydrogens is 366 g/mol. The van der Waals surface area contributed by atoms with Crippen LogP contribution in [0.25, 0.3) is 5.78 Å². The Morgan fingerprint density at radius 3 is 2.70 bits per heavy atom. The zero-order valence-corrected chi connectivity index (χ0v) is 16.4. The minimum atomic E-state index is -3.46. The molecule has 1 aliphatic heterocycles. The summed E-state index contributed by atoms with van der Waals surface area (Å²) in [7, 11) is -3.46. The minimum Gasteiger partial charge on any atom is -0.342 e. The summed E-state index contributed by atoms with van der Waals surface area (Å²) in [6, 6.07) is 0. The first-order valence-corrected chi connectivity index (χ1v) is 11.5. The van der Waals surface area contributed by atoms with E-state index in [1.165, 1.54) is 36.1 Å². The molecular formula is C18H25N5O3S. The van der Waals surface area contributed by atoms with Gasteiger partial charge in [-0.25, -0.2) is 13.4 Å². The molecule has 2 fully saturated rings. The molecule has 9 heteroatoms. The van der Waals surface area contributed by atoms with Crippen LogP contribution in [-0.4, -0.2) is 58.2 Å². The summed E-state index contributed by atoms with van der Waals surface area (Å²) < 4.78 is 26.2. The first-order valence-electron chi connectivity index (χ1n) is 9.60. The van der Waals surface area contributed by atoms with Gasteiger partial charge >= 0.3 is 0 Å². The zero-order chi connectivity index (χ0) is 19.0. The molecule has 0 N–H and O–H groups in total.